The van der Waals surface area contributed by atoms with Crippen LogP contribution in [-0.4, -0.2) is 10.8 Å². The van der Waals surface area contributed by atoms with Crippen molar-refractivity contribution >= 4 is 17.5 Å². The fourth-order valence-corrected chi connectivity index (χ4v) is 1.54. The van der Waals surface area contributed by atoms with Gasteiger partial charge in [-0.15, -0.1) is 11.6 Å². The summed E-state index contributed by atoms with van der Waals surface area (Å²) in [6.07, 6.45) is 3.15. The molecular formula is C8H16ClNO. The van der Waals surface area contributed by atoms with Crippen LogP contribution in [0.25, 0.3) is 0 Å². The molecule has 0 rings (SSSR count). The van der Waals surface area contributed by atoms with Crippen LogP contribution in [-0.2, 0) is 4.79 Å². The van der Waals surface area contributed by atoms with E-state index in [2.05, 4.69) is 0 Å². The molecule has 0 fully saturated rings. The predicted octanol–water partition coefficient (Wildman–Crippen LogP) is 2.05. The third-order valence-electron chi connectivity index (χ3n) is 1.73. The second kappa shape index (κ2) is 4.60. The molecule has 0 spiro atoms. The zero-order valence-corrected chi connectivity index (χ0v) is 7.95. The Morgan fingerprint density at radius 3 is 1.91 bits per heavy atom. The molecule has 0 heterocycles. The van der Waals surface area contributed by atoms with Gasteiger partial charge in [0.2, 0.25) is 5.91 Å². The number of hydrogen-bond acceptors (Lipinski definition) is 1. The van der Waals surface area contributed by atoms with Crippen molar-refractivity contribution in [3.63, 3.8) is 0 Å². The average Bonchev–Trinajstić information content (AvgIpc) is 1.88. The molecule has 0 unspecified atom stereocenters. The van der Waals surface area contributed by atoms with Gasteiger partial charge >= 0.3 is 0 Å². The van der Waals surface area contributed by atoms with Gasteiger partial charge in [-0.05, 0) is 12.8 Å². The maximum atomic E-state index is 10.9. The van der Waals surface area contributed by atoms with Crippen LogP contribution in [0.2, 0.25) is 0 Å². The third kappa shape index (κ3) is 3.10. The van der Waals surface area contributed by atoms with Crippen LogP contribution in [0.4, 0.5) is 0 Å². The maximum Gasteiger partial charge on any atom is 0.238 e. The van der Waals surface area contributed by atoms with E-state index in [0.717, 1.165) is 12.8 Å². The van der Waals surface area contributed by atoms with E-state index in [1.165, 1.54) is 0 Å². The maximum absolute atomic E-state index is 10.9. The Labute approximate surface area is 73.1 Å². The number of carbonyl (C=O) groups is 1. The van der Waals surface area contributed by atoms with E-state index in [9.17, 15) is 4.79 Å². The van der Waals surface area contributed by atoms with Crippen LogP contribution in [0.15, 0.2) is 0 Å². The minimum Gasteiger partial charge on any atom is -0.368 e. The van der Waals surface area contributed by atoms with E-state index in [1.807, 2.05) is 13.8 Å². The second-order valence-corrected chi connectivity index (χ2v) is 3.55. The zero-order valence-electron chi connectivity index (χ0n) is 7.19. The molecule has 3 heteroatoms. The van der Waals surface area contributed by atoms with Crippen molar-refractivity contribution in [1.82, 2.24) is 0 Å². The summed E-state index contributed by atoms with van der Waals surface area (Å²) in [5.41, 5.74) is 5.17. The number of primary amides is 1. The highest BCUT2D eigenvalue weighted by Gasteiger charge is 2.31. The lowest BCUT2D eigenvalue weighted by molar-refractivity contribution is -0.121. The number of alkyl halides is 1. The normalized spacial score (nSPS) is 11.5. The monoisotopic (exact) mass is 177 g/mol. The number of nitrogens with two attached hydrogens (primary N) is 1. The van der Waals surface area contributed by atoms with Gasteiger partial charge in [0.1, 0.15) is 4.87 Å². The number of carbonyl (C=O) groups excluding carboxylic acids is 1. The van der Waals surface area contributed by atoms with Crippen LogP contribution in [0.3, 0.4) is 0 Å². The first-order chi connectivity index (χ1) is 5.06. The van der Waals surface area contributed by atoms with Gasteiger partial charge in [-0.3, -0.25) is 4.79 Å². The zero-order chi connectivity index (χ0) is 8.91. The van der Waals surface area contributed by atoms with Gasteiger partial charge in [-0.25, -0.2) is 0 Å². The van der Waals surface area contributed by atoms with E-state index >= 15 is 0 Å². The molecule has 2 nitrogen and oxygen atoms in total. The minimum atomic E-state index is -0.788. The minimum absolute atomic E-state index is 0.386. The molecule has 0 radical (unpaired) electrons. The first-order valence-electron chi connectivity index (χ1n) is 4.05. The molecule has 11 heavy (non-hydrogen) atoms. The fourth-order valence-electron chi connectivity index (χ4n) is 1.16. The molecule has 0 aliphatic heterocycles. The number of amides is 1. The van der Waals surface area contributed by atoms with E-state index in [-0.39, 0.29) is 5.91 Å². The molecule has 0 bridgehead atoms. The Bertz CT molecular complexity index is 130. The molecule has 0 saturated carbocycles. The van der Waals surface area contributed by atoms with Crippen molar-refractivity contribution in [2.45, 2.75) is 44.4 Å². The first-order valence-corrected chi connectivity index (χ1v) is 4.43. The first kappa shape index (κ1) is 10.8. The van der Waals surface area contributed by atoms with Gasteiger partial charge in [-0.2, -0.15) is 0 Å². The number of halogens is 1. The van der Waals surface area contributed by atoms with Crippen LogP contribution in [0, 0.1) is 0 Å². The summed E-state index contributed by atoms with van der Waals surface area (Å²) >= 11 is 6.00. The van der Waals surface area contributed by atoms with Gasteiger partial charge in [0, 0.05) is 0 Å². The molecule has 0 aromatic heterocycles. The summed E-state index contributed by atoms with van der Waals surface area (Å²) in [6.45, 7) is 3.99. The quantitative estimate of drug-likeness (QED) is 0.642. The second-order valence-electron chi connectivity index (χ2n) is 2.83. The van der Waals surface area contributed by atoms with Crippen LogP contribution >= 0.6 is 11.6 Å². The highest BCUT2D eigenvalue weighted by molar-refractivity contribution is 6.34. The SMILES string of the molecule is CCCC(Cl)(CCC)C(N)=O. The molecule has 2 N–H and O–H groups in total. The molecule has 0 aliphatic rings. The van der Waals surface area contributed by atoms with Crippen LogP contribution in [0.1, 0.15) is 39.5 Å². The lowest BCUT2D eigenvalue weighted by Crippen LogP contribution is -2.38. The standard InChI is InChI=1S/C8H16ClNO/c1-3-5-8(9,6-4-2)7(10)11/h3-6H2,1-2H3,(H2,10,11). The molecule has 0 aromatic rings. The highest BCUT2D eigenvalue weighted by Crippen LogP contribution is 2.26. The summed E-state index contributed by atoms with van der Waals surface area (Å²) in [6, 6.07) is 0. The molecule has 1 amide bonds. The molecule has 0 aromatic carbocycles. The Hall–Kier alpha value is -0.240. The lowest BCUT2D eigenvalue weighted by Gasteiger charge is -2.21. The van der Waals surface area contributed by atoms with E-state index in [4.69, 9.17) is 17.3 Å². The van der Waals surface area contributed by atoms with Crippen molar-refractivity contribution in [2.24, 2.45) is 5.73 Å². The van der Waals surface area contributed by atoms with Gasteiger partial charge in [0.25, 0.3) is 0 Å². The molecule has 0 atom stereocenters. The number of rotatable bonds is 5. The largest absolute Gasteiger partial charge is 0.368 e. The van der Waals surface area contributed by atoms with Crippen LogP contribution < -0.4 is 5.73 Å². The van der Waals surface area contributed by atoms with Crippen molar-refractivity contribution in [3.05, 3.63) is 0 Å². The molecular weight excluding hydrogens is 162 g/mol. The van der Waals surface area contributed by atoms with E-state index in [0.29, 0.717) is 12.8 Å². The summed E-state index contributed by atoms with van der Waals surface area (Å²) in [5, 5.41) is 0. The Morgan fingerprint density at radius 1 is 1.36 bits per heavy atom. The molecule has 0 saturated heterocycles. The average molecular weight is 178 g/mol. The summed E-state index contributed by atoms with van der Waals surface area (Å²) < 4.78 is 0. The van der Waals surface area contributed by atoms with Crippen molar-refractivity contribution < 1.29 is 4.79 Å². The summed E-state index contributed by atoms with van der Waals surface area (Å²) in [4.78, 5) is 10.1. The smallest absolute Gasteiger partial charge is 0.238 e. The van der Waals surface area contributed by atoms with Gasteiger partial charge in [0.05, 0.1) is 0 Å². The summed E-state index contributed by atoms with van der Waals surface area (Å²) in [5.74, 6) is -0.386. The van der Waals surface area contributed by atoms with E-state index < -0.39 is 4.87 Å². The summed E-state index contributed by atoms with van der Waals surface area (Å²) in [7, 11) is 0. The third-order valence-corrected chi connectivity index (χ3v) is 2.30. The van der Waals surface area contributed by atoms with Crippen molar-refractivity contribution in [3.8, 4) is 0 Å². The molecule has 0 aliphatic carbocycles. The van der Waals surface area contributed by atoms with E-state index in [1.54, 1.807) is 0 Å². The van der Waals surface area contributed by atoms with Gasteiger partial charge in [0.15, 0.2) is 0 Å². The topological polar surface area (TPSA) is 43.1 Å². The van der Waals surface area contributed by atoms with Gasteiger partial charge in [-0.1, -0.05) is 26.7 Å². The number of hydrogen-bond donors (Lipinski definition) is 1. The Kier molecular flexibility index (Phi) is 4.50. The highest BCUT2D eigenvalue weighted by atomic mass is 35.5. The lowest BCUT2D eigenvalue weighted by atomic mass is 9.97. The van der Waals surface area contributed by atoms with Crippen molar-refractivity contribution in [1.29, 1.82) is 0 Å². The van der Waals surface area contributed by atoms with Gasteiger partial charge < -0.3 is 5.73 Å². The molecule has 66 valence electrons. The fraction of sp³-hybridized carbons (Fsp3) is 0.875. The Balaban J connectivity index is 4.13. The predicted molar refractivity (Wildman–Crippen MR) is 47.6 cm³/mol. The van der Waals surface area contributed by atoms with Crippen molar-refractivity contribution in [2.75, 3.05) is 0 Å². The Morgan fingerprint density at radius 2 is 1.73 bits per heavy atom. The van der Waals surface area contributed by atoms with Crippen LogP contribution in [0.5, 0.6) is 0 Å².